The summed E-state index contributed by atoms with van der Waals surface area (Å²) in [5.74, 6) is 0. The summed E-state index contributed by atoms with van der Waals surface area (Å²) in [6, 6.07) is 3.85. The van der Waals surface area contributed by atoms with Crippen molar-refractivity contribution < 1.29 is 17.9 Å². The maximum absolute atomic E-state index is 12.9. The Bertz CT molecular complexity index is 549. The molecule has 2 rings (SSSR count). The Kier molecular flexibility index (Phi) is 5.73. The highest BCUT2D eigenvalue weighted by Gasteiger charge is 2.31. The first-order chi connectivity index (χ1) is 10.4. The summed E-state index contributed by atoms with van der Waals surface area (Å²) in [5, 5.41) is 10.5. The second kappa shape index (κ2) is 7.36. The standard InChI is InChI=1S/C15H17F3N2OS/c1-21-13-2-4-20(5-3-13)9-11-6-12(15(16,17)18)8-14(7-11)22-10-19/h6-8,13H,2-5,9H2,1H3. The quantitative estimate of drug-likeness (QED) is 0.620. The van der Waals surface area contributed by atoms with Crippen molar-refractivity contribution in [3.63, 3.8) is 0 Å². The summed E-state index contributed by atoms with van der Waals surface area (Å²) in [7, 11) is 1.68. The number of alkyl halides is 3. The van der Waals surface area contributed by atoms with Crippen LogP contribution in [-0.2, 0) is 17.5 Å². The highest BCUT2D eigenvalue weighted by Crippen LogP contribution is 2.33. The number of halogens is 3. The van der Waals surface area contributed by atoms with E-state index in [9.17, 15) is 13.2 Å². The lowest BCUT2D eigenvalue weighted by molar-refractivity contribution is -0.137. The SMILES string of the molecule is COC1CCN(Cc2cc(SC#N)cc(C(F)(F)F)c2)CC1. The van der Waals surface area contributed by atoms with Gasteiger partial charge in [-0.3, -0.25) is 4.90 Å². The van der Waals surface area contributed by atoms with Gasteiger partial charge in [0.2, 0.25) is 0 Å². The normalized spacial score (nSPS) is 17.4. The monoisotopic (exact) mass is 330 g/mol. The number of likely N-dealkylation sites (tertiary alicyclic amines) is 1. The number of hydrogen-bond acceptors (Lipinski definition) is 4. The molecule has 22 heavy (non-hydrogen) atoms. The van der Waals surface area contributed by atoms with Gasteiger partial charge in [-0.05, 0) is 48.4 Å². The summed E-state index contributed by atoms with van der Waals surface area (Å²) < 4.78 is 44.1. The predicted molar refractivity (Wildman–Crippen MR) is 78.2 cm³/mol. The van der Waals surface area contributed by atoms with Gasteiger partial charge in [0.25, 0.3) is 0 Å². The Morgan fingerprint density at radius 3 is 2.55 bits per heavy atom. The number of thiocyanates is 1. The topological polar surface area (TPSA) is 36.3 Å². The second-order valence-electron chi connectivity index (χ2n) is 5.27. The highest BCUT2D eigenvalue weighted by atomic mass is 32.2. The first kappa shape index (κ1) is 17.1. The van der Waals surface area contributed by atoms with Crippen LogP contribution in [0.15, 0.2) is 23.1 Å². The van der Waals surface area contributed by atoms with Gasteiger partial charge in [0.15, 0.2) is 0 Å². The van der Waals surface area contributed by atoms with Gasteiger partial charge in [0.1, 0.15) is 5.40 Å². The van der Waals surface area contributed by atoms with Gasteiger partial charge in [-0.2, -0.15) is 18.4 Å². The summed E-state index contributed by atoms with van der Waals surface area (Å²) in [4.78, 5) is 2.45. The summed E-state index contributed by atoms with van der Waals surface area (Å²) in [5.41, 5.74) is -0.113. The summed E-state index contributed by atoms with van der Waals surface area (Å²) >= 11 is 0.753. The number of ether oxygens (including phenoxy) is 1. The number of piperidine rings is 1. The van der Waals surface area contributed by atoms with Crippen molar-refractivity contribution >= 4 is 11.8 Å². The summed E-state index contributed by atoms with van der Waals surface area (Å²) in [6.45, 7) is 2.06. The molecule has 120 valence electrons. The summed E-state index contributed by atoms with van der Waals surface area (Å²) in [6.07, 6.45) is -2.39. The Hall–Kier alpha value is -1.23. The Labute approximate surface area is 132 Å². The molecule has 1 aliphatic rings. The van der Waals surface area contributed by atoms with E-state index in [4.69, 9.17) is 10.00 Å². The molecule has 1 aliphatic heterocycles. The zero-order valence-corrected chi connectivity index (χ0v) is 13.0. The number of methoxy groups -OCH3 is 1. The van der Waals surface area contributed by atoms with Crippen LogP contribution in [0, 0.1) is 10.7 Å². The van der Waals surface area contributed by atoms with Gasteiger partial charge in [-0.25, -0.2) is 0 Å². The van der Waals surface area contributed by atoms with Crippen LogP contribution < -0.4 is 0 Å². The minimum Gasteiger partial charge on any atom is -0.381 e. The molecule has 0 radical (unpaired) electrons. The minimum absolute atomic E-state index is 0.238. The van der Waals surface area contributed by atoms with Gasteiger partial charge in [0.05, 0.1) is 11.7 Å². The molecule has 0 bridgehead atoms. The number of hydrogen-bond donors (Lipinski definition) is 0. The van der Waals surface area contributed by atoms with Crippen LogP contribution in [0.3, 0.4) is 0 Å². The molecular formula is C15H17F3N2OS. The molecule has 0 spiro atoms. The fraction of sp³-hybridized carbons (Fsp3) is 0.533. The zero-order valence-electron chi connectivity index (χ0n) is 12.2. The van der Waals surface area contributed by atoms with Gasteiger partial charge < -0.3 is 4.74 Å². The van der Waals surface area contributed by atoms with Crippen LogP contribution in [0.25, 0.3) is 0 Å². The van der Waals surface area contributed by atoms with Crippen LogP contribution in [0.4, 0.5) is 13.2 Å². The average molecular weight is 330 g/mol. The molecule has 1 saturated heterocycles. The first-order valence-electron chi connectivity index (χ1n) is 6.94. The maximum Gasteiger partial charge on any atom is 0.416 e. The van der Waals surface area contributed by atoms with E-state index >= 15 is 0 Å². The molecule has 0 aromatic heterocycles. The van der Waals surface area contributed by atoms with E-state index in [0.717, 1.165) is 43.8 Å². The van der Waals surface area contributed by atoms with Gasteiger partial charge >= 0.3 is 6.18 Å². The molecule has 1 aromatic rings. The predicted octanol–water partition coefficient (Wildman–Crippen LogP) is 3.89. The molecule has 3 nitrogen and oxygen atoms in total. The van der Waals surface area contributed by atoms with Crippen molar-refractivity contribution in [1.29, 1.82) is 5.26 Å². The molecule has 0 unspecified atom stereocenters. The van der Waals surface area contributed by atoms with Crippen molar-refractivity contribution in [2.45, 2.75) is 36.6 Å². The van der Waals surface area contributed by atoms with Gasteiger partial charge in [-0.1, -0.05) is 0 Å². The van der Waals surface area contributed by atoms with Crippen LogP contribution >= 0.6 is 11.8 Å². The van der Waals surface area contributed by atoms with Crippen molar-refractivity contribution in [1.82, 2.24) is 4.90 Å². The van der Waals surface area contributed by atoms with E-state index in [1.165, 1.54) is 6.07 Å². The molecule has 7 heteroatoms. The van der Waals surface area contributed by atoms with Gasteiger partial charge in [-0.15, -0.1) is 0 Å². The fourth-order valence-electron chi connectivity index (χ4n) is 2.59. The maximum atomic E-state index is 12.9. The van der Waals surface area contributed by atoms with E-state index in [2.05, 4.69) is 4.90 Å². The van der Waals surface area contributed by atoms with Crippen LogP contribution in [0.2, 0.25) is 0 Å². The molecule has 1 fully saturated rings. The van der Waals surface area contributed by atoms with Crippen LogP contribution in [0.5, 0.6) is 0 Å². The van der Waals surface area contributed by atoms with Crippen molar-refractivity contribution in [2.75, 3.05) is 20.2 Å². The number of nitriles is 1. The zero-order chi connectivity index (χ0) is 16.2. The third kappa shape index (κ3) is 4.63. The lowest BCUT2D eigenvalue weighted by atomic mass is 10.1. The molecule has 1 heterocycles. The Morgan fingerprint density at radius 2 is 2.00 bits per heavy atom. The number of nitrogens with zero attached hydrogens (tertiary/aromatic N) is 2. The van der Waals surface area contributed by atoms with Crippen LogP contribution in [0.1, 0.15) is 24.0 Å². The molecule has 0 N–H and O–H groups in total. The van der Waals surface area contributed by atoms with Gasteiger partial charge in [0, 0.05) is 31.6 Å². The van der Waals surface area contributed by atoms with E-state index in [1.807, 2.05) is 5.40 Å². The smallest absolute Gasteiger partial charge is 0.381 e. The number of thioether (sulfide) groups is 1. The van der Waals surface area contributed by atoms with E-state index in [-0.39, 0.29) is 6.10 Å². The van der Waals surface area contributed by atoms with Crippen molar-refractivity contribution in [2.24, 2.45) is 0 Å². The largest absolute Gasteiger partial charge is 0.416 e. The lowest BCUT2D eigenvalue weighted by Gasteiger charge is -2.31. The number of rotatable bonds is 4. The molecule has 1 aromatic carbocycles. The average Bonchev–Trinajstić information content (AvgIpc) is 2.47. The van der Waals surface area contributed by atoms with E-state index in [0.29, 0.717) is 17.0 Å². The van der Waals surface area contributed by atoms with Crippen molar-refractivity contribution in [3.05, 3.63) is 29.3 Å². The fourth-order valence-corrected chi connectivity index (χ4v) is 3.09. The van der Waals surface area contributed by atoms with E-state index in [1.54, 1.807) is 13.2 Å². The van der Waals surface area contributed by atoms with Crippen LogP contribution in [-0.4, -0.2) is 31.2 Å². The third-order valence-corrected chi connectivity index (χ3v) is 4.29. The lowest BCUT2D eigenvalue weighted by Crippen LogP contribution is -2.36. The molecule has 0 amide bonds. The molecule has 0 saturated carbocycles. The van der Waals surface area contributed by atoms with E-state index < -0.39 is 11.7 Å². The number of benzene rings is 1. The molecule has 0 aliphatic carbocycles. The molecule has 0 atom stereocenters. The molecular weight excluding hydrogens is 313 g/mol. The van der Waals surface area contributed by atoms with Crippen molar-refractivity contribution in [3.8, 4) is 5.40 Å². The third-order valence-electron chi connectivity index (χ3n) is 3.73. The second-order valence-corrected chi connectivity index (χ2v) is 6.13. The minimum atomic E-state index is -4.40. The Balaban J connectivity index is 2.13. The Morgan fingerprint density at radius 1 is 1.32 bits per heavy atom. The first-order valence-corrected chi connectivity index (χ1v) is 7.76. The highest BCUT2D eigenvalue weighted by molar-refractivity contribution is 8.03.